The normalized spacial score (nSPS) is 19.2. The van der Waals surface area contributed by atoms with E-state index in [1.54, 1.807) is 0 Å². The Morgan fingerprint density at radius 3 is 2.84 bits per heavy atom. The maximum atomic E-state index is 12.3. The number of carbonyl (C=O) groups is 1. The molecule has 6 heteroatoms. The summed E-state index contributed by atoms with van der Waals surface area (Å²) < 4.78 is 5.37. The van der Waals surface area contributed by atoms with Gasteiger partial charge in [0, 0.05) is 42.8 Å². The van der Waals surface area contributed by atoms with E-state index in [1.807, 2.05) is 30.5 Å². The second kappa shape index (κ2) is 6.84. The number of H-pyrrole nitrogens is 1. The van der Waals surface area contributed by atoms with Gasteiger partial charge in [0.1, 0.15) is 0 Å². The number of aromatic amines is 1. The highest BCUT2D eigenvalue weighted by molar-refractivity contribution is 6.34. The minimum absolute atomic E-state index is 0.0407. The van der Waals surface area contributed by atoms with Crippen LogP contribution in [0.15, 0.2) is 30.5 Å². The molecular formula is C19H21N3O3. The number of aromatic nitrogens is 1. The first-order valence-corrected chi connectivity index (χ1v) is 8.47. The Bertz CT molecular complexity index is 819. The molecule has 0 unspecified atom stereocenters. The zero-order valence-electron chi connectivity index (χ0n) is 13.9. The summed E-state index contributed by atoms with van der Waals surface area (Å²) in [6.07, 6.45) is 3.85. The van der Waals surface area contributed by atoms with Crippen molar-refractivity contribution in [1.29, 1.82) is 0 Å². The van der Waals surface area contributed by atoms with Crippen LogP contribution in [0.2, 0.25) is 0 Å². The van der Waals surface area contributed by atoms with Gasteiger partial charge in [-0.1, -0.05) is 6.07 Å². The number of morpholine rings is 1. The van der Waals surface area contributed by atoms with Crippen LogP contribution in [-0.4, -0.2) is 47.2 Å². The van der Waals surface area contributed by atoms with E-state index < -0.39 is 0 Å². The summed E-state index contributed by atoms with van der Waals surface area (Å²) >= 11 is 0. The molecule has 0 radical (unpaired) electrons. The van der Waals surface area contributed by atoms with E-state index in [1.165, 1.54) is 5.56 Å². The van der Waals surface area contributed by atoms with Crippen LogP contribution in [-0.2, 0) is 22.7 Å². The number of rotatable bonds is 4. The Balaban J connectivity index is 1.56. The maximum absolute atomic E-state index is 12.3. The highest BCUT2D eigenvalue weighted by atomic mass is 16.5. The van der Waals surface area contributed by atoms with E-state index in [4.69, 9.17) is 4.74 Å². The minimum atomic E-state index is -0.116. The molecule has 4 rings (SSSR count). The fourth-order valence-electron chi connectivity index (χ4n) is 3.28. The van der Waals surface area contributed by atoms with Crippen molar-refractivity contribution in [2.24, 2.45) is 0 Å². The zero-order valence-corrected chi connectivity index (χ0v) is 13.9. The van der Waals surface area contributed by atoms with Gasteiger partial charge in [-0.3, -0.25) is 9.69 Å². The summed E-state index contributed by atoms with van der Waals surface area (Å²) in [7, 11) is 0. The predicted octanol–water partition coefficient (Wildman–Crippen LogP) is 1.83. The predicted molar refractivity (Wildman–Crippen MR) is 95.8 cm³/mol. The molecule has 1 aromatic carbocycles. The average molecular weight is 339 g/mol. The molecule has 1 amide bonds. The summed E-state index contributed by atoms with van der Waals surface area (Å²) in [6, 6.07) is 7.58. The van der Waals surface area contributed by atoms with Gasteiger partial charge in [-0.2, -0.15) is 0 Å². The first-order valence-electron chi connectivity index (χ1n) is 8.47. The molecule has 0 spiro atoms. The molecule has 2 aliphatic heterocycles. The van der Waals surface area contributed by atoms with Crippen LogP contribution in [0.5, 0.6) is 0 Å². The van der Waals surface area contributed by atoms with Crippen LogP contribution in [0, 0.1) is 0 Å². The molecular weight excluding hydrogens is 318 g/mol. The monoisotopic (exact) mass is 339 g/mol. The number of hydrogen-bond acceptors (Lipinski definition) is 4. The van der Waals surface area contributed by atoms with Crippen molar-refractivity contribution in [3.8, 4) is 0 Å². The van der Waals surface area contributed by atoms with Crippen LogP contribution < -0.4 is 5.32 Å². The first-order chi connectivity index (χ1) is 12.2. The third kappa shape index (κ3) is 3.37. The number of fused-ring (bicyclic) bond motifs is 1. The standard InChI is InChI=1S/C19H21N3O3/c23-12-13-1-2-18-16(8-13)17(19(24)21-18)9-15-7-14(10-20-15)11-22-3-5-25-6-4-22/h1-2,7-10,20,23H,3-6,11-12H2,(H,21,24)/b17-9+. The largest absolute Gasteiger partial charge is 0.392 e. The lowest BCUT2D eigenvalue weighted by Gasteiger charge is -2.25. The molecule has 3 heterocycles. The number of benzene rings is 1. The van der Waals surface area contributed by atoms with Crippen LogP contribution >= 0.6 is 0 Å². The van der Waals surface area contributed by atoms with Gasteiger partial charge in [0.05, 0.1) is 25.4 Å². The third-order valence-corrected chi connectivity index (χ3v) is 4.62. The Hall–Kier alpha value is -2.41. The molecule has 130 valence electrons. The SMILES string of the molecule is O=C1Nc2ccc(CO)cc2/C1=C\c1cc(CN2CCOCC2)c[nH]1. The number of carbonyl (C=O) groups excluding carboxylic acids is 1. The Morgan fingerprint density at radius 2 is 2.04 bits per heavy atom. The van der Waals surface area contributed by atoms with E-state index in [2.05, 4.69) is 21.3 Å². The summed E-state index contributed by atoms with van der Waals surface area (Å²) in [5.41, 5.74) is 5.12. The summed E-state index contributed by atoms with van der Waals surface area (Å²) in [5.74, 6) is -0.116. The Labute approximate surface area is 146 Å². The van der Waals surface area contributed by atoms with Crippen LogP contribution in [0.1, 0.15) is 22.4 Å². The lowest BCUT2D eigenvalue weighted by molar-refractivity contribution is -0.110. The van der Waals surface area contributed by atoms with Crippen LogP contribution in [0.4, 0.5) is 5.69 Å². The Morgan fingerprint density at radius 1 is 1.20 bits per heavy atom. The Kier molecular flexibility index (Phi) is 4.40. The van der Waals surface area contributed by atoms with Crippen molar-refractivity contribution < 1.29 is 14.6 Å². The molecule has 2 aliphatic rings. The molecule has 3 N–H and O–H groups in total. The molecule has 0 saturated carbocycles. The number of nitrogens with zero attached hydrogens (tertiary/aromatic N) is 1. The minimum Gasteiger partial charge on any atom is -0.392 e. The highest BCUT2D eigenvalue weighted by Crippen LogP contribution is 2.33. The number of ether oxygens (including phenoxy) is 1. The number of nitrogens with one attached hydrogen (secondary N) is 2. The van der Waals surface area contributed by atoms with E-state index in [0.29, 0.717) is 5.57 Å². The molecule has 1 aromatic heterocycles. The van der Waals surface area contributed by atoms with Crippen molar-refractivity contribution in [2.75, 3.05) is 31.6 Å². The van der Waals surface area contributed by atoms with Gasteiger partial charge < -0.3 is 20.1 Å². The molecule has 6 nitrogen and oxygen atoms in total. The lowest BCUT2D eigenvalue weighted by Crippen LogP contribution is -2.35. The molecule has 0 aliphatic carbocycles. The smallest absolute Gasteiger partial charge is 0.256 e. The topological polar surface area (TPSA) is 77.6 Å². The second-order valence-electron chi connectivity index (χ2n) is 6.40. The number of aliphatic hydroxyl groups excluding tert-OH is 1. The quantitative estimate of drug-likeness (QED) is 0.743. The fourth-order valence-corrected chi connectivity index (χ4v) is 3.28. The van der Waals surface area contributed by atoms with Gasteiger partial charge >= 0.3 is 0 Å². The highest BCUT2D eigenvalue weighted by Gasteiger charge is 2.24. The van der Waals surface area contributed by atoms with Crippen molar-refractivity contribution in [1.82, 2.24) is 9.88 Å². The second-order valence-corrected chi connectivity index (χ2v) is 6.40. The van der Waals surface area contributed by atoms with Gasteiger partial charge in [-0.05, 0) is 35.4 Å². The van der Waals surface area contributed by atoms with E-state index in [9.17, 15) is 9.90 Å². The van der Waals surface area contributed by atoms with E-state index >= 15 is 0 Å². The fraction of sp³-hybridized carbons (Fsp3) is 0.316. The summed E-state index contributed by atoms with van der Waals surface area (Å²) in [5, 5.41) is 12.2. The molecule has 2 aromatic rings. The van der Waals surface area contributed by atoms with Gasteiger partial charge in [-0.15, -0.1) is 0 Å². The number of amides is 1. The van der Waals surface area contributed by atoms with Crippen molar-refractivity contribution in [2.45, 2.75) is 13.2 Å². The van der Waals surface area contributed by atoms with E-state index in [-0.39, 0.29) is 12.5 Å². The number of hydrogen-bond donors (Lipinski definition) is 3. The summed E-state index contributed by atoms with van der Waals surface area (Å²) in [4.78, 5) is 17.9. The van der Waals surface area contributed by atoms with Gasteiger partial charge in [0.2, 0.25) is 0 Å². The molecule has 0 bridgehead atoms. The lowest BCUT2D eigenvalue weighted by atomic mass is 10.0. The maximum Gasteiger partial charge on any atom is 0.256 e. The average Bonchev–Trinajstić information content (AvgIpc) is 3.20. The number of anilines is 1. The van der Waals surface area contributed by atoms with Crippen molar-refractivity contribution in [3.05, 3.63) is 52.8 Å². The van der Waals surface area contributed by atoms with Crippen LogP contribution in [0.25, 0.3) is 11.6 Å². The molecule has 1 fully saturated rings. The van der Waals surface area contributed by atoms with Crippen LogP contribution in [0.3, 0.4) is 0 Å². The number of aliphatic hydroxyl groups is 1. The third-order valence-electron chi connectivity index (χ3n) is 4.62. The van der Waals surface area contributed by atoms with E-state index in [0.717, 1.165) is 55.4 Å². The first kappa shape index (κ1) is 16.1. The molecule has 0 atom stereocenters. The van der Waals surface area contributed by atoms with Gasteiger partial charge in [-0.25, -0.2) is 0 Å². The van der Waals surface area contributed by atoms with Gasteiger partial charge in [0.15, 0.2) is 0 Å². The van der Waals surface area contributed by atoms with Gasteiger partial charge in [0.25, 0.3) is 5.91 Å². The van der Waals surface area contributed by atoms with Crippen molar-refractivity contribution >= 4 is 23.2 Å². The summed E-state index contributed by atoms with van der Waals surface area (Å²) in [6.45, 7) is 4.29. The zero-order chi connectivity index (χ0) is 17.2. The molecule has 25 heavy (non-hydrogen) atoms. The molecule has 1 saturated heterocycles. The van der Waals surface area contributed by atoms with Crippen molar-refractivity contribution in [3.63, 3.8) is 0 Å².